The molecule has 0 aliphatic carbocycles. The summed E-state index contributed by atoms with van der Waals surface area (Å²) in [7, 11) is 0. The molecule has 3 aliphatic heterocycles. The summed E-state index contributed by atoms with van der Waals surface area (Å²) in [5, 5.41) is 23.7. The molecule has 0 saturated carbocycles. The number of carbonyl (C=O) groups is 3. The number of unbranched alkanes of at least 4 members (excludes halogenated alkanes) is 1. The first-order valence-corrected chi connectivity index (χ1v) is 14.3. The Morgan fingerprint density at radius 1 is 1.10 bits per heavy atom. The number of fused-ring (bicyclic) bond motifs is 2. The summed E-state index contributed by atoms with van der Waals surface area (Å²) < 4.78 is 0.933. The van der Waals surface area contributed by atoms with Crippen LogP contribution in [0.4, 0.5) is 5.69 Å². The molecule has 6 rings (SSSR count). The molecule has 1 spiro atoms. The lowest BCUT2D eigenvalue weighted by Gasteiger charge is -2.38. The number of thioether (sulfide) groups is 1. The number of nitrogens with one attached hydrogen (secondary N) is 2. The highest BCUT2D eigenvalue weighted by atomic mass is 32.2. The van der Waals surface area contributed by atoms with Gasteiger partial charge in [0.2, 0.25) is 17.7 Å². The van der Waals surface area contributed by atoms with Crippen LogP contribution in [-0.2, 0) is 21.1 Å². The van der Waals surface area contributed by atoms with Crippen molar-refractivity contribution in [3.05, 3.63) is 54.6 Å². The lowest BCUT2D eigenvalue weighted by atomic mass is 9.66. The summed E-state index contributed by atoms with van der Waals surface area (Å²) in [6.45, 7) is 2.59. The van der Waals surface area contributed by atoms with E-state index in [0.717, 1.165) is 17.5 Å². The standard InChI is InChI=1S/C28H32N6O4S/c1-17-15-21-22(25(36)30-18-9-3-2-4-10-18)23-27(38)33(13-7-8-14-35)24(28(17,23)39-21)26(37)29-16-34-20-12-6-5-11-19(20)31-32-34/h2-6,9-12,17,21-24,35H,7-8,13-16H2,1H3,(H,29,37)(H,30,36)/t17?,21-,22+,23+,24?,28?/m1/s1. The fourth-order valence-electron chi connectivity index (χ4n) is 6.78. The van der Waals surface area contributed by atoms with Gasteiger partial charge in [0.05, 0.1) is 22.1 Å². The van der Waals surface area contributed by atoms with E-state index in [9.17, 15) is 19.5 Å². The summed E-state index contributed by atoms with van der Waals surface area (Å²) >= 11 is 1.65. The van der Waals surface area contributed by atoms with E-state index in [-0.39, 0.29) is 42.2 Å². The lowest BCUT2D eigenvalue weighted by Crippen LogP contribution is -2.56. The molecule has 2 aromatic carbocycles. The number of hydrogen-bond donors (Lipinski definition) is 3. The number of aromatic nitrogens is 3. The van der Waals surface area contributed by atoms with Gasteiger partial charge in [-0.3, -0.25) is 14.4 Å². The van der Waals surface area contributed by atoms with Crippen molar-refractivity contribution in [1.82, 2.24) is 25.2 Å². The zero-order chi connectivity index (χ0) is 27.1. The van der Waals surface area contributed by atoms with E-state index in [0.29, 0.717) is 25.1 Å². The Morgan fingerprint density at radius 3 is 2.67 bits per heavy atom. The molecule has 3 fully saturated rings. The van der Waals surface area contributed by atoms with E-state index < -0.39 is 22.6 Å². The van der Waals surface area contributed by atoms with Crippen molar-refractivity contribution in [2.24, 2.45) is 17.8 Å². The third kappa shape index (κ3) is 4.19. The van der Waals surface area contributed by atoms with Crippen molar-refractivity contribution in [3.8, 4) is 0 Å². The summed E-state index contributed by atoms with van der Waals surface area (Å²) in [6.07, 6.45) is 1.87. The van der Waals surface area contributed by atoms with Crippen molar-refractivity contribution >= 4 is 46.2 Å². The largest absolute Gasteiger partial charge is 0.396 e. The number of hydrogen-bond acceptors (Lipinski definition) is 7. The van der Waals surface area contributed by atoms with Gasteiger partial charge in [-0.2, -0.15) is 0 Å². The molecule has 3 amide bonds. The third-order valence-corrected chi connectivity index (χ3v) is 10.5. The number of amides is 3. The molecule has 39 heavy (non-hydrogen) atoms. The number of aliphatic hydroxyl groups excluding tert-OH is 1. The smallest absolute Gasteiger partial charge is 0.245 e. The summed E-state index contributed by atoms with van der Waals surface area (Å²) in [5.74, 6) is -1.59. The fraction of sp³-hybridized carbons (Fsp3) is 0.464. The van der Waals surface area contributed by atoms with Gasteiger partial charge >= 0.3 is 0 Å². The molecule has 4 heterocycles. The van der Waals surface area contributed by atoms with Crippen LogP contribution < -0.4 is 10.6 Å². The van der Waals surface area contributed by atoms with Crippen LogP contribution in [0.2, 0.25) is 0 Å². The zero-order valence-electron chi connectivity index (χ0n) is 21.7. The van der Waals surface area contributed by atoms with Gasteiger partial charge in [-0.1, -0.05) is 42.5 Å². The molecular weight excluding hydrogens is 516 g/mol. The van der Waals surface area contributed by atoms with Crippen LogP contribution in [0.25, 0.3) is 11.0 Å². The van der Waals surface area contributed by atoms with Crippen molar-refractivity contribution in [1.29, 1.82) is 0 Å². The molecule has 3 unspecified atom stereocenters. The van der Waals surface area contributed by atoms with E-state index in [1.807, 2.05) is 54.6 Å². The summed E-state index contributed by atoms with van der Waals surface area (Å²) in [5.41, 5.74) is 2.23. The number of para-hydroxylation sites is 2. The van der Waals surface area contributed by atoms with Crippen molar-refractivity contribution in [3.63, 3.8) is 0 Å². The Hall–Kier alpha value is -3.44. The summed E-state index contributed by atoms with van der Waals surface area (Å²) in [6, 6.07) is 16.1. The minimum absolute atomic E-state index is 0.0160. The predicted molar refractivity (Wildman–Crippen MR) is 147 cm³/mol. The second kappa shape index (κ2) is 10.3. The fourth-order valence-corrected chi connectivity index (χ4v) is 9.21. The molecule has 3 N–H and O–H groups in total. The molecule has 2 bridgehead atoms. The van der Waals surface area contributed by atoms with Gasteiger partial charge in [-0.05, 0) is 49.4 Å². The van der Waals surface area contributed by atoms with E-state index in [1.54, 1.807) is 21.3 Å². The quantitative estimate of drug-likeness (QED) is 0.350. The maximum Gasteiger partial charge on any atom is 0.245 e. The van der Waals surface area contributed by atoms with Crippen LogP contribution in [-0.4, -0.2) is 71.9 Å². The first-order valence-electron chi connectivity index (χ1n) is 13.5. The molecule has 10 nitrogen and oxygen atoms in total. The molecular formula is C28H32N6O4S. The molecule has 0 radical (unpaired) electrons. The van der Waals surface area contributed by atoms with E-state index in [2.05, 4.69) is 27.9 Å². The third-order valence-electron chi connectivity index (χ3n) is 8.47. The average Bonchev–Trinajstić information content (AvgIpc) is 3.66. The number of aliphatic hydroxyl groups is 1. The van der Waals surface area contributed by atoms with Crippen molar-refractivity contribution < 1.29 is 19.5 Å². The molecule has 1 aromatic heterocycles. The Morgan fingerprint density at radius 2 is 1.87 bits per heavy atom. The summed E-state index contributed by atoms with van der Waals surface area (Å²) in [4.78, 5) is 43.3. The van der Waals surface area contributed by atoms with Gasteiger partial charge in [0.1, 0.15) is 18.2 Å². The molecule has 6 atom stereocenters. The SMILES string of the molecule is CC1C[C@H]2SC13C(C(=O)NCn1nnc4ccccc41)N(CCCCO)C(=O)[C@@H]3[C@H]2C(=O)Nc1ccccc1. The Balaban J connectivity index is 1.29. The van der Waals surface area contributed by atoms with Gasteiger partial charge in [-0.25, -0.2) is 4.68 Å². The van der Waals surface area contributed by atoms with Crippen LogP contribution in [0.3, 0.4) is 0 Å². The van der Waals surface area contributed by atoms with E-state index >= 15 is 0 Å². The molecule has 3 saturated heterocycles. The van der Waals surface area contributed by atoms with Gasteiger partial charge in [0, 0.05) is 24.1 Å². The molecule has 3 aromatic rings. The minimum atomic E-state index is -0.719. The number of nitrogens with zero attached hydrogens (tertiary/aromatic N) is 4. The van der Waals surface area contributed by atoms with Crippen LogP contribution in [0.1, 0.15) is 26.2 Å². The van der Waals surface area contributed by atoms with Gasteiger partial charge in [-0.15, -0.1) is 16.9 Å². The monoisotopic (exact) mass is 548 g/mol. The normalized spacial score (nSPS) is 29.1. The maximum atomic E-state index is 14.1. The topological polar surface area (TPSA) is 129 Å². The second-order valence-corrected chi connectivity index (χ2v) is 12.2. The van der Waals surface area contributed by atoms with E-state index in [4.69, 9.17) is 0 Å². The van der Waals surface area contributed by atoms with Gasteiger partial charge in [0.25, 0.3) is 0 Å². The van der Waals surface area contributed by atoms with Gasteiger partial charge < -0.3 is 20.6 Å². The first kappa shape index (κ1) is 25.8. The van der Waals surface area contributed by atoms with Crippen LogP contribution in [0, 0.1) is 17.8 Å². The molecule has 3 aliphatic rings. The van der Waals surface area contributed by atoms with Crippen LogP contribution >= 0.6 is 11.8 Å². The highest BCUT2D eigenvalue weighted by Gasteiger charge is 2.75. The molecule has 204 valence electrons. The number of carbonyl (C=O) groups excluding carboxylic acids is 3. The Labute approximate surface area is 230 Å². The highest BCUT2D eigenvalue weighted by molar-refractivity contribution is 8.02. The average molecular weight is 549 g/mol. The van der Waals surface area contributed by atoms with E-state index in [1.165, 1.54) is 0 Å². The number of benzene rings is 2. The van der Waals surface area contributed by atoms with Crippen LogP contribution in [0.5, 0.6) is 0 Å². The predicted octanol–water partition coefficient (Wildman–Crippen LogP) is 2.25. The lowest BCUT2D eigenvalue weighted by molar-refractivity contribution is -0.139. The van der Waals surface area contributed by atoms with Gasteiger partial charge in [0.15, 0.2) is 0 Å². The van der Waals surface area contributed by atoms with Crippen molar-refractivity contribution in [2.75, 3.05) is 18.5 Å². The van der Waals surface area contributed by atoms with Crippen molar-refractivity contribution in [2.45, 2.75) is 48.9 Å². The minimum Gasteiger partial charge on any atom is -0.396 e. The maximum absolute atomic E-state index is 14.1. The number of likely N-dealkylation sites (tertiary alicyclic amines) is 1. The van der Waals surface area contributed by atoms with Crippen LogP contribution in [0.15, 0.2) is 54.6 Å². The second-order valence-electron chi connectivity index (χ2n) is 10.6. The first-order chi connectivity index (χ1) is 19.0. The zero-order valence-corrected chi connectivity index (χ0v) is 22.5. The Bertz CT molecular complexity index is 1400. The highest BCUT2D eigenvalue weighted by Crippen LogP contribution is 2.68. The number of anilines is 1. The Kier molecular flexibility index (Phi) is 6.80. The number of rotatable bonds is 9. The molecule has 11 heteroatoms.